The van der Waals surface area contributed by atoms with Crippen molar-refractivity contribution in [1.82, 2.24) is 5.32 Å². The maximum Gasteiger partial charge on any atom is 0.239 e. The number of rotatable bonds is 5. The fourth-order valence-corrected chi connectivity index (χ4v) is 2.75. The van der Waals surface area contributed by atoms with Crippen LogP contribution in [0.3, 0.4) is 0 Å². The second-order valence-electron chi connectivity index (χ2n) is 5.96. The zero-order valence-electron chi connectivity index (χ0n) is 12.7. The van der Waals surface area contributed by atoms with Crippen molar-refractivity contribution in [3.05, 3.63) is 29.3 Å². The highest BCUT2D eigenvalue weighted by atomic mass is 16.1. The molecule has 0 spiro atoms. The molecule has 0 aliphatic heterocycles. The highest BCUT2D eigenvalue weighted by molar-refractivity contribution is 5.80. The second-order valence-corrected chi connectivity index (χ2v) is 5.96. The summed E-state index contributed by atoms with van der Waals surface area (Å²) < 4.78 is 0. The van der Waals surface area contributed by atoms with Gasteiger partial charge >= 0.3 is 0 Å². The van der Waals surface area contributed by atoms with Crippen molar-refractivity contribution in [3.8, 4) is 0 Å². The number of benzene rings is 1. The topological polar surface area (TPSA) is 41.1 Å². The molecule has 110 valence electrons. The Hall–Kier alpha value is -1.51. The molecule has 1 aromatic carbocycles. The van der Waals surface area contributed by atoms with Gasteiger partial charge in [-0.3, -0.25) is 4.79 Å². The first-order valence-corrected chi connectivity index (χ1v) is 7.73. The molecule has 3 nitrogen and oxygen atoms in total. The number of hydrogen-bond donors (Lipinski definition) is 2. The third-order valence-corrected chi connectivity index (χ3v) is 4.27. The summed E-state index contributed by atoms with van der Waals surface area (Å²) in [4.78, 5) is 11.8. The van der Waals surface area contributed by atoms with Gasteiger partial charge < -0.3 is 10.6 Å². The summed E-state index contributed by atoms with van der Waals surface area (Å²) in [7, 11) is 0. The Morgan fingerprint density at radius 2 is 1.90 bits per heavy atom. The molecular weight excluding hydrogens is 248 g/mol. The Balaban J connectivity index is 1.70. The van der Waals surface area contributed by atoms with Gasteiger partial charge in [-0.25, -0.2) is 0 Å². The molecule has 1 saturated carbocycles. The molecule has 2 N–H and O–H groups in total. The predicted octanol–water partition coefficient (Wildman–Crippen LogP) is 3.41. The van der Waals surface area contributed by atoms with Gasteiger partial charge in [0.05, 0.1) is 6.54 Å². The van der Waals surface area contributed by atoms with Crippen molar-refractivity contribution < 1.29 is 4.79 Å². The minimum atomic E-state index is 0.0915. The maximum absolute atomic E-state index is 11.8. The minimum Gasteiger partial charge on any atom is -0.376 e. The van der Waals surface area contributed by atoms with Gasteiger partial charge in [-0.05, 0) is 55.9 Å². The average molecular weight is 274 g/mol. The number of nitrogens with one attached hydrogen (secondary N) is 2. The summed E-state index contributed by atoms with van der Waals surface area (Å²) in [5, 5.41) is 6.24. The lowest BCUT2D eigenvalue weighted by Gasteiger charge is -2.21. The molecule has 0 heterocycles. The van der Waals surface area contributed by atoms with Crippen molar-refractivity contribution in [2.75, 3.05) is 18.4 Å². The largest absolute Gasteiger partial charge is 0.376 e. The van der Waals surface area contributed by atoms with Crippen LogP contribution in [0, 0.1) is 19.8 Å². The summed E-state index contributed by atoms with van der Waals surface area (Å²) in [6.07, 6.45) is 6.54. The van der Waals surface area contributed by atoms with E-state index in [-0.39, 0.29) is 5.91 Å². The lowest BCUT2D eigenvalue weighted by Crippen LogP contribution is -2.34. The summed E-state index contributed by atoms with van der Waals surface area (Å²) in [6, 6.07) is 6.19. The lowest BCUT2D eigenvalue weighted by molar-refractivity contribution is -0.119. The number of anilines is 1. The first kappa shape index (κ1) is 14.9. The van der Waals surface area contributed by atoms with Crippen LogP contribution in [0.2, 0.25) is 0 Å². The molecule has 0 bridgehead atoms. The highest BCUT2D eigenvalue weighted by Gasteiger charge is 2.14. The Labute approximate surface area is 122 Å². The van der Waals surface area contributed by atoms with Gasteiger partial charge in [-0.1, -0.05) is 25.3 Å². The standard InChI is InChI=1S/C17H26N2O/c1-13-8-9-16(10-14(13)2)18-12-17(20)19-11-15-6-4-3-5-7-15/h8-10,15,18H,3-7,11-12H2,1-2H3,(H,19,20). The Morgan fingerprint density at radius 1 is 1.15 bits per heavy atom. The van der Waals surface area contributed by atoms with Crippen molar-refractivity contribution in [1.29, 1.82) is 0 Å². The number of amides is 1. The van der Waals surface area contributed by atoms with Gasteiger partial charge in [0.25, 0.3) is 0 Å². The quantitative estimate of drug-likeness (QED) is 0.864. The van der Waals surface area contributed by atoms with E-state index in [0.29, 0.717) is 12.5 Å². The van der Waals surface area contributed by atoms with E-state index in [2.05, 4.69) is 36.6 Å². The third kappa shape index (κ3) is 4.55. The zero-order chi connectivity index (χ0) is 14.4. The Kier molecular flexibility index (Phi) is 5.45. The number of carbonyl (C=O) groups is 1. The van der Waals surface area contributed by atoms with Crippen LogP contribution < -0.4 is 10.6 Å². The van der Waals surface area contributed by atoms with E-state index < -0.39 is 0 Å². The van der Waals surface area contributed by atoms with Gasteiger partial charge in [-0.15, -0.1) is 0 Å². The first-order valence-electron chi connectivity index (χ1n) is 7.73. The number of aryl methyl sites for hydroxylation is 2. The summed E-state index contributed by atoms with van der Waals surface area (Å²) in [5.41, 5.74) is 3.54. The fraction of sp³-hybridized carbons (Fsp3) is 0.588. The summed E-state index contributed by atoms with van der Waals surface area (Å²) >= 11 is 0. The van der Waals surface area contributed by atoms with Crippen LogP contribution in [0.15, 0.2) is 18.2 Å². The molecule has 1 amide bonds. The Morgan fingerprint density at radius 3 is 2.60 bits per heavy atom. The molecule has 0 atom stereocenters. The number of hydrogen-bond acceptors (Lipinski definition) is 2. The molecular formula is C17H26N2O. The molecule has 2 rings (SSSR count). The molecule has 0 radical (unpaired) electrons. The average Bonchev–Trinajstić information content (AvgIpc) is 2.47. The van der Waals surface area contributed by atoms with E-state index in [0.717, 1.165) is 12.2 Å². The molecule has 0 aromatic heterocycles. The van der Waals surface area contributed by atoms with Crippen LogP contribution in [-0.2, 0) is 4.79 Å². The van der Waals surface area contributed by atoms with Crippen molar-refractivity contribution in [3.63, 3.8) is 0 Å². The maximum atomic E-state index is 11.8. The molecule has 0 unspecified atom stereocenters. The van der Waals surface area contributed by atoms with Crippen molar-refractivity contribution in [2.45, 2.75) is 46.0 Å². The van der Waals surface area contributed by atoms with Gasteiger partial charge in [0.15, 0.2) is 0 Å². The first-order chi connectivity index (χ1) is 9.65. The van der Waals surface area contributed by atoms with E-state index in [4.69, 9.17) is 0 Å². The van der Waals surface area contributed by atoms with E-state index in [1.807, 2.05) is 6.07 Å². The lowest BCUT2D eigenvalue weighted by atomic mass is 9.89. The van der Waals surface area contributed by atoms with Crippen LogP contribution in [0.4, 0.5) is 5.69 Å². The molecule has 0 saturated heterocycles. The molecule has 1 aliphatic carbocycles. The van der Waals surface area contributed by atoms with Crippen LogP contribution >= 0.6 is 0 Å². The molecule has 1 fully saturated rings. The van der Waals surface area contributed by atoms with Gasteiger partial charge in [0.1, 0.15) is 0 Å². The van der Waals surface area contributed by atoms with Gasteiger partial charge in [-0.2, -0.15) is 0 Å². The fourth-order valence-electron chi connectivity index (χ4n) is 2.75. The van der Waals surface area contributed by atoms with E-state index in [9.17, 15) is 4.79 Å². The van der Waals surface area contributed by atoms with E-state index in [1.165, 1.54) is 43.2 Å². The SMILES string of the molecule is Cc1ccc(NCC(=O)NCC2CCCCC2)cc1C. The Bertz CT molecular complexity index is 450. The van der Waals surface area contributed by atoms with Gasteiger partial charge in [0.2, 0.25) is 5.91 Å². The minimum absolute atomic E-state index is 0.0915. The van der Waals surface area contributed by atoms with Crippen molar-refractivity contribution in [2.24, 2.45) is 5.92 Å². The monoisotopic (exact) mass is 274 g/mol. The molecule has 1 aliphatic rings. The van der Waals surface area contributed by atoms with Crippen LogP contribution in [0.25, 0.3) is 0 Å². The molecule has 20 heavy (non-hydrogen) atoms. The second kappa shape index (κ2) is 7.32. The highest BCUT2D eigenvalue weighted by Crippen LogP contribution is 2.22. The van der Waals surface area contributed by atoms with Crippen molar-refractivity contribution >= 4 is 11.6 Å². The smallest absolute Gasteiger partial charge is 0.239 e. The molecule has 3 heteroatoms. The molecule has 1 aromatic rings. The van der Waals surface area contributed by atoms with E-state index in [1.54, 1.807) is 0 Å². The summed E-state index contributed by atoms with van der Waals surface area (Å²) in [5.74, 6) is 0.781. The zero-order valence-corrected chi connectivity index (χ0v) is 12.7. The number of carbonyl (C=O) groups excluding carboxylic acids is 1. The van der Waals surface area contributed by atoms with Crippen LogP contribution in [0.5, 0.6) is 0 Å². The normalized spacial score (nSPS) is 15.9. The van der Waals surface area contributed by atoms with Gasteiger partial charge in [0, 0.05) is 12.2 Å². The van der Waals surface area contributed by atoms with Crippen LogP contribution in [0.1, 0.15) is 43.2 Å². The third-order valence-electron chi connectivity index (χ3n) is 4.27. The summed E-state index contributed by atoms with van der Waals surface area (Å²) in [6.45, 7) is 5.38. The van der Waals surface area contributed by atoms with E-state index >= 15 is 0 Å². The van der Waals surface area contributed by atoms with Crippen LogP contribution in [-0.4, -0.2) is 19.0 Å². The predicted molar refractivity (Wildman–Crippen MR) is 84.0 cm³/mol.